The summed E-state index contributed by atoms with van der Waals surface area (Å²) in [6, 6.07) is 13.0. The maximum atomic E-state index is 13.7. The molecule has 1 atom stereocenters. The van der Waals surface area contributed by atoms with Gasteiger partial charge in [-0.15, -0.1) is 0 Å². The van der Waals surface area contributed by atoms with Crippen LogP contribution in [0.2, 0.25) is 18.1 Å². The summed E-state index contributed by atoms with van der Waals surface area (Å²) in [7, 11) is -2.05. The Labute approximate surface area is 283 Å². The lowest BCUT2D eigenvalue weighted by atomic mass is 9.93. The molecule has 5 rings (SSSR count). The molecule has 0 bridgehead atoms. The SMILES string of the molecule is CC(C)(C)OC(=O)N1CCC(c2ccc(CN3CCN(C[C@@H](CN4CCc5ccccc5C4)O[Si](C)(C)C(C)(C)C)C3=O)cn2)CC1. The maximum Gasteiger partial charge on any atom is 0.410 e. The van der Waals surface area contributed by atoms with Crippen LogP contribution >= 0.6 is 0 Å². The summed E-state index contributed by atoms with van der Waals surface area (Å²) >= 11 is 0. The topological polar surface area (TPSA) is 78.5 Å². The summed E-state index contributed by atoms with van der Waals surface area (Å²) in [4.78, 5) is 39.2. The van der Waals surface area contributed by atoms with Crippen LogP contribution in [-0.2, 0) is 28.7 Å². The van der Waals surface area contributed by atoms with Gasteiger partial charge in [0.15, 0.2) is 8.32 Å². The van der Waals surface area contributed by atoms with E-state index in [2.05, 4.69) is 75.2 Å². The van der Waals surface area contributed by atoms with Gasteiger partial charge in [0.2, 0.25) is 0 Å². The molecule has 2 fully saturated rings. The molecule has 9 nitrogen and oxygen atoms in total. The molecule has 0 unspecified atom stereocenters. The van der Waals surface area contributed by atoms with Crippen molar-refractivity contribution in [2.45, 2.75) is 110 Å². The Morgan fingerprint density at radius 1 is 0.915 bits per heavy atom. The molecular formula is C37H57N5O4Si. The molecule has 0 saturated carbocycles. The number of hydrogen-bond acceptors (Lipinski definition) is 6. The number of urea groups is 1. The highest BCUT2D eigenvalue weighted by Crippen LogP contribution is 2.38. The van der Waals surface area contributed by atoms with Crippen molar-refractivity contribution in [2.75, 3.05) is 45.8 Å². The van der Waals surface area contributed by atoms with Crippen LogP contribution in [0.15, 0.2) is 42.6 Å². The second kappa shape index (κ2) is 14.3. The molecule has 3 aliphatic heterocycles. The first-order valence-corrected chi connectivity index (χ1v) is 20.4. The molecular weight excluding hydrogens is 607 g/mol. The second-order valence-corrected chi connectivity index (χ2v) is 21.0. The van der Waals surface area contributed by atoms with Gasteiger partial charge in [0, 0.05) is 76.7 Å². The number of rotatable bonds is 9. The smallest absolute Gasteiger partial charge is 0.410 e. The molecule has 0 radical (unpaired) electrons. The van der Waals surface area contributed by atoms with Crippen LogP contribution in [-0.4, -0.2) is 103 Å². The minimum absolute atomic E-state index is 0.0345. The van der Waals surface area contributed by atoms with Gasteiger partial charge in [0.25, 0.3) is 0 Å². The predicted molar refractivity (Wildman–Crippen MR) is 189 cm³/mol. The molecule has 4 heterocycles. The van der Waals surface area contributed by atoms with E-state index in [4.69, 9.17) is 14.1 Å². The fourth-order valence-electron chi connectivity index (χ4n) is 6.59. The first-order chi connectivity index (χ1) is 22.1. The quantitative estimate of drug-likeness (QED) is 0.272. The van der Waals surface area contributed by atoms with E-state index in [-0.39, 0.29) is 23.3 Å². The Morgan fingerprint density at radius 3 is 2.23 bits per heavy atom. The average molecular weight is 664 g/mol. The third-order valence-corrected chi connectivity index (χ3v) is 14.9. The number of ether oxygens (including phenoxy) is 1. The molecule has 0 spiro atoms. The molecule has 2 aromatic rings. The summed E-state index contributed by atoms with van der Waals surface area (Å²) < 4.78 is 12.6. The summed E-state index contributed by atoms with van der Waals surface area (Å²) in [6.45, 7) is 23.8. The van der Waals surface area contributed by atoms with Gasteiger partial charge in [0.1, 0.15) is 5.60 Å². The lowest BCUT2D eigenvalue weighted by molar-refractivity contribution is 0.0204. The van der Waals surface area contributed by atoms with Gasteiger partial charge in [-0.25, -0.2) is 9.59 Å². The normalized spacial score (nSPS) is 19.2. The van der Waals surface area contributed by atoms with Crippen LogP contribution in [0.5, 0.6) is 0 Å². The van der Waals surface area contributed by atoms with Crippen molar-refractivity contribution >= 4 is 20.4 Å². The first kappa shape index (κ1) is 35.4. The van der Waals surface area contributed by atoms with Crippen molar-refractivity contribution in [3.63, 3.8) is 0 Å². The standard InChI is InChI=1S/C37H57N5O4Si/c1-36(2,3)45-35(44)40-19-16-30(17-20-40)33-14-13-28(23-38-33)24-41-21-22-42(34(41)43)27-32(46-47(7,8)37(4,5)6)26-39-18-15-29-11-9-10-12-31(29)25-39/h9-14,23,30,32H,15-22,24-27H2,1-8H3/t32-/m1/s1. The van der Waals surface area contributed by atoms with Crippen molar-refractivity contribution in [3.8, 4) is 0 Å². The molecule has 1 aromatic heterocycles. The Balaban J connectivity index is 1.16. The number of piperidine rings is 1. The third kappa shape index (κ3) is 9.15. The molecule has 3 amide bonds. The van der Waals surface area contributed by atoms with Crippen LogP contribution in [0.1, 0.15) is 82.7 Å². The van der Waals surface area contributed by atoms with Crippen LogP contribution in [0.3, 0.4) is 0 Å². The minimum atomic E-state index is -2.05. The second-order valence-electron chi connectivity index (χ2n) is 16.2. The molecule has 2 saturated heterocycles. The fraction of sp³-hybridized carbons (Fsp3) is 0.649. The van der Waals surface area contributed by atoms with Crippen molar-refractivity contribution in [2.24, 2.45) is 0 Å². The molecule has 0 N–H and O–H groups in total. The number of amides is 3. The van der Waals surface area contributed by atoms with Gasteiger partial charge >= 0.3 is 12.1 Å². The van der Waals surface area contributed by atoms with Crippen molar-refractivity contribution in [1.29, 1.82) is 0 Å². The number of benzene rings is 1. The Kier molecular flexibility index (Phi) is 10.7. The molecule has 0 aliphatic carbocycles. The van der Waals surface area contributed by atoms with Crippen LogP contribution in [0, 0.1) is 0 Å². The van der Waals surface area contributed by atoms with Gasteiger partial charge in [-0.2, -0.15) is 0 Å². The van der Waals surface area contributed by atoms with Crippen molar-refractivity contribution in [1.82, 2.24) is 24.6 Å². The van der Waals surface area contributed by atoms with Crippen LogP contribution in [0.25, 0.3) is 0 Å². The van der Waals surface area contributed by atoms with E-state index in [0.717, 1.165) is 50.2 Å². The Hall–Kier alpha value is -2.95. The van der Waals surface area contributed by atoms with Crippen molar-refractivity contribution in [3.05, 3.63) is 65.0 Å². The first-order valence-electron chi connectivity index (χ1n) is 17.5. The number of fused-ring (bicyclic) bond motifs is 1. The van der Waals surface area contributed by atoms with E-state index >= 15 is 0 Å². The van der Waals surface area contributed by atoms with E-state index in [1.54, 1.807) is 4.90 Å². The van der Waals surface area contributed by atoms with E-state index in [0.29, 0.717) is 45.2 Å². The lowest BCUT2D eigenvalue weighted by Crippen LogP contribution is -2.51. The van der Waals surface area contributed by atoms with E-state index in [1.165, 1.54) is 11.1 Å². The highest BCUT2D eigenvalue weighted by Gasteiger charge is 2.41. The number of pyridine rings is 1. The Bertz CT molecular complexity index is 1380. The summed E-state index contributed by atoms with van der Waals surface area (Å²) in [5.41, 5.74) is 4.45. The number of carbonyl (C=O) groups is 2. The highest BCUT2D eigenvalue weighted by atomic mass is 28.4. The van der Waals surface area contributed by atoms with Gasteiger partial charge in [-0.1, -0.05) is 51.1 Å². The zero-order valence-corrected chi connectivity index (χ0v) is 31.1. The van der Waals surface area contributed by atoms with Gasteiger partial charge in [-0.3, -0.25) is 9.88 Å². The van der Waals surface area contributed by atoms with Crippen molar-refractivity contribution < 1.29 is 18.8 Å². The number of carbonyl (C=O) groups excluding carboxylic acids is 2. The third-order valence-electron chi connectivity index (χ3n) is 10.3. The largest absolute Gasteiger partial charge is 0.444 e. The van der Waals surface area contributed by atoms with Gasteiger partial charge < -0.3 is 23.9 Å². The zero-order valence-electron chi connectivity index (χ0n) is 30.1. The van der Waals surface area contributed by atoms with E-state index in [1.807, 2.05) is 36.8 Å². The minimum Gasteiger partial charge on any atom is -0.444 e. The van der Waals surface area contributed by atoms with Crippen LogP contribution < -0.4 is 0 Å². The maximum absolute atomic E-state index is 13.7. The van der Waals surface area contributed by atoms with Gasteiger partial charge in [0.05, 0.1) is 6.10 Å². The summed E-state index contributed by atoms with van der Waals surface area (Å²) in [5, 5.41) is 0.0923. The van der Waals surface area contributed by atoms with Gasteiger partial charge in [-0.05, 0) is 80.9 Å². The number of hydrogen-bond donors (Lipinski definition) is 0. The van der Waals surface area contributed by atoms with E-state index < -0.39 is 13.9 Å². The molecule has 47 heavy (non-hydrogen) atoms. The van der Waals surface area contributed by atoms with Crippen LogP contribution in [0.4, 0.5) is 9.59 Å². The highest BCUT2D eigenvalue weighted by molar-refractivity contribution is 6.74. The molecule has 10 heteroatoms. The zero-order chi connectivity index (χ0) is 34.0. The lowest BCUT2D eigenvalue weighted by Gasteiger charge is -2.42. The number of likely N-dealkylation sites (tertiary alicyclic amines) is 1. The average Bonchev–Trinajstić information content (AvgIpc) is 3.33. The Morgan fingerprint density at radius 2 is 1.60 bits per heavy atom. The predicted octanol–water partition coefficient (Wildman–Crippen LogP) is 6.88. The fourth-order valence-corrected chi connectivity index (χ4v) is 7.93. The molecule has 3 aliphatic rings. The monoisotopic (exact) mass is 663 g/mol. The molecule has 258 valence electrons. The summed E-state index contributed by atoms with van der Waals surface area (Å²) in [6.07, 6.45) is 4.44. The summed E-state index contributed by atoms with van der Waals surface area (Å²) in [5.74, 6) is 0.317. The number of aromatic nitrogens is 1. The van der Waals surface area contributed by atoms with E-state index in [9.17, 15) is 9.59 Å². The number of nitrogens with zero attached hydrogens (tertiary/aromatic N) is 5. The molecule has 1 aromatic carbocycles.